The topological polar surface area (TPSA) is 44.5 Å². The summed E-state index contributed by atoms with van der Waals surface area (Å²) in [4.78, 5) is 0. The van der Waals surface area contributed by atoms with Gasteiger partial charge in [0.15, 0.2) is 11.5 Å². The van der Waals surface area contributed by atoms with Crippen LogP contribution in [0.2, 0.25) is 0 Å². The molecule has 2 N–H and O–H groups in total. The van der Waals surface area contributed by atoms with Gasteiger partial charge in [-0.2, -0.15) is 0 Å². The molecule has 0 atom stereocenters. The summed E-state index contributed by atoms with van der Waals surface area (Å²) in [6.07, 6.45) is 0. The van der Waals surface area contributed by atoms with Crippen LogP contribution in [0.1, 0.15) is 18.1 Å². The molecule has 0 saturated heterocycles. The fourth-order valence-electron chi connectivity index (χ4n) is 1.84. The number of halogens is 1. The Morgan fingerprint density at radius 2 is 1.85 bits per heavy atom. The molecule has 2 rings (SSSR count). The van der Waals surface area contributed by atoms with Gasteiger partial charge in [0.05, 0.1) is 6.61 Å². The summed E-state index contributed by atoms with van der Waals surface area (Å²) in [5.74, 6) is 1.47. The Morgan fingerprint density at radius 1 is 1.05 bits per heavy atom. The van der Waals surface area contributed by atoms with Gasteiger partial charge < -0.3 is 15.2 Å². The molecule has 3 nitrogen and oxygen atoms in total. The van der Waals surface area contributed by atoms with Crippen LogP contribution in [-0.4, -0.2) is 6.61 Å². The van der Waals surface area contributed by atoms with Crippen LogP contribution in [0.5, 0.6) is 11.5 Å². The maximum atomic E-state index is 5.86. The van der Waals surface area contributed by atoms with Crippen molar-refractivity contribution in [1.82, 2.24) is 0 Å². The van der Waals surface area contributed by atoms with Gasteiger partial charge in [-0.05, 0) is 30.7 Å². The second-order valence-corrected chi connectivity index (χ2v) is 5.15. The average molecular weight is 336 g/mol. The minimum absolute atomic E-state index is 0.490. The predicted octanol–water partition coefficient (Wildman–Crippen LogP) is 3.89. The zero-order valence-corrected chi connectivity index (χ0v) is 13.0. The molecule has 0 saturated carbocycles. The van der Waals surface area contributed by atoms with E-state index in [1.54, 1.807) is 0 Å². The van der Waals surface area contributed by atoms with Crippen molar-refractivity contribution in [3.05, 3.63) is 58.1 Å². The van der Waals surface area contributed by atoms with E-state index in [-0.39, 0.29) is 0 Å². The molecule has 0 radical (unpaired) electrons. The van der Waals surface area contributed by atoms with Crippen molar-refractivity contribution in [2.75, 3.05) is 6.61 Å². The van der Waals surface area contributed by atoms with Crippen LogP contribution >= 0.6 is 15.9 Å². The molecule has 0 heterocycles. The lowest BCUT2D eigenvalue weighted by Crippen LogP contribution is -2.02. The van der Waals surface area contributed by atoms with E-state index in [2.05, 4.69) is 15.9 Å². The maximum absolute atomic E-state index is 5.86. The van der Waals surface area contributed by atoms with E-state index >= 15 is 0 Å². The van der Waals surface area contributed by atoms with Crippen LogP contribution < -0.4 is 15.2 Å². The Morgan fingerprint density at radius 3 is 2.55 bits per heavy atom. The zero-order chi connectivity index (χ0) is 14.4. The average Bonchev–Trinajstić information content (AvgIpc) is 2.47. The molecule has 106 valence electrons. The molecule has 2 aromatic carbocycles. The first kappa shape index (κ1) is 14.9. The zero-order valence-electron chi connectivity index (χ0n) is 11.4. The Kier molecular flexibility index (Phi) is 5.44. The van der Waals surface area contributed by atoms with Crippen molar-refractivity contribution in [3.63, 3.8) is 0 Å². The van der Waals surface area contributed by atoms with Gasteiger partial charge in [-0.3, -0.25) is 0 Å². The number of benzene rings is 2. The molecule has 0 aliphatic carbocycles. The molecule has 0 aromatic heterocycles. The molecule has 0 amide bonds. The van der Waals surface area contributed by atoms with Crippen molar-refractivity contribution >= 4 is 15.9 Å². The van der Waals surface area contributed by atoms with Gasteiger partial charge in [0, 0.05) is 16.6 Å². The fraction of sp³-hybridized carbons (Fsp3) is 0.250. The molecule has 0 bridgehead atoms. The van der Waals surface area contributed by atoms with Crippen molar-refractivity contribution in [2.45, 2.75) is 20.1 Å². The lowest BCUT2D eigenvalue weighted by Gasteiger charge is -2.13. The van der Waals surface area contributed by atoms with Gasteiger partial charge in [-0.15, -0.1) is 0 Å². The SMILES string of the molecule is CCOc1cc(CN)ccc1OCc1ccccc1Br. The second kappa shape index (κ2) is 7.31. The van der Waals surface area contributed by atoms with Gasteiger partial charge in [-0.25, -0.2) is 0 Å². The largest absolute Gasteiger partial charge is 0.490 e. The Balaban J connectivity index is 2.14. The monoisotopic (exact) mass is 335 g/mol. The molecule has 0 spiro atoms. The molecule has 4 heteroatoms. The van der Waals surface area contributed by atoms with E-state index in [0.29, 0.717) is 19.8 Å². The predicted molar refractivity (Wildman–Crippen MR) is 84.0 cm³/mol. The minimum Gasteiger partial charge on any atom is -0.490 e. The van der Waals surface area contributed by atoms with Crippen LogP contribution in [0, 0.1) is 0 Å². The van der Waals surface area contributed by atoms with Crippen molar-refractivity contribution in [1.29, 1.82) is 0 Å². The molecule has 0 aliphatic heterocycles. The molecule has 2 aromatic rings. The second-order valence-electron chi connectivity index (χ2n) is 4.30. The first-order chi connectivity index (χ1) is 9.74. The normalized spacial score (nSPS) is 10.3. The number of nitrogens with two attached hydrogens (primary N) is 1. The number of ether oxygens (including phenoxy) is 2. The van der Waals surface area contributed by atoms with Crippen LogP contribution in [0.3, 0.4) is 0 Å². The quantitative estimate of drug-likeness (QED) is 0.870. The van der Waals surface area contributed by atoms with Gasteiger partial charge >= 0.3 is 0 Å². The van der Waals surface area contributed by atoms with Crippen molar-refractivity contribution in [2.24, 2.45) is 5.73 Å². The van der Waals surface area contributed by atoms with E-state index in [1.807, 2.05) is 49.4 Å². The molecular formula is C16H18BrNO2. The highest BCUT2D eigenvalue weighted by atomic mass is 79.9. The third-order valence-corrected chi connectivity index (χ3v) is 3.66. The van der Waals surface area contributed by atoms with E-state index in [0.717, 1.165) is 27.1 Å². The number of hydrogen-bond donors (Lipinski definition) is 1. The van der Waals surface area contributed by atoms with E-state index < -0.39 is 0 Å². The summed E-state index contributed by atoms with van der Waals surface area (Å²) < 4.78 is 12.5. The van der Waals surface area contributed by atoms with E-state index in [1.165, 1.54) is 0 Å². The summed E-state index contributed by atoms with van der Waals surface area (Å²) in [7, 11) is 0. The van der Waals surface area contributed by atoms with Gasteiger partial charge in [0.2, 0.25) is 0 Å². The number of hydrogen-bond acceptors (Lipinski definition) is 3. The summed E-state index contributed by atoms with van der Waals surface area (Å²) >= 11 is 3.51. The van der Waals surface area contributed by atoms with Gasteiger partial charge in [0.1, 0.15) is 6.61 Å². The van der Waals surface area contributed by atoms with Crippen molar-refractivity contribution in [3.8, 4) is 11.5 Å². The van der Waals surface area contributed by atoms with Crippen molar-refractivity contribution < 1.29 is 9.47 Å². The van der Waals surface area contributed by atoms with E-state index in [9.17, 15) is 0 Å². The summed E-state index contributed by atoms with van der Waals surface area (Å²) in [5.41, 5.74) is 7.77. The molecule has 0 fully saturated rings. The molecule has 0 unspecified atom stereocenters. The Hall–Kier alpha value is -1.52. The fourth-order valence-corrected chi connectivity index (χ4v) is 2.24. The number of rotatable bonds is 6. The van der Waals surface area contributed by atoms with Crippen LogP contribution in [-0.2, 0) is 13.2 Å². The summed E-state index contributed by atoms with van der Waals surface area (Å²) in [6, 6.07) is 13.8. The summed E-state index contributed by atoms with van der Waals surface area (Å²) in [5, 5.41) is 0. The third kappa shape index (κ3) is 3.74. The lowest BCUT2D eigenvalue weighted by molar-refractivity contribution is 0.268. The Bertz CT molecular complexity index is 572. The van der Waals surface area contributed by atoms with Gasteiger partial charge in [0.25, 0.3) is 0 Å². The smallest absolute Gasteiger partial charge is 0.161 e. The molecule has 0 aliphatic rings. The van der Waals surface area contributed by atoms with E-state index in [4.69, 9.17) is 15.2 Å². The minimum atomic E-state index is 0.490. The highest BCUT2D eigenvalue weighted by Crippen LogP contribution is 2.29. The van der Waals surface area contributed by atoms with Gasteiger partial charge in [-0.1, -0.05) is 40.2 Å². The highest BCUT2D eigenvalue weighted by molar-refractivity contribution is 9.10. The Labute approximate surface area is 127 Å². The standard InChI is InChI=1S/C16H18BrNO2/c1-2-19-16-9-12(10-18)7-8-15(16)20-11-13-5-3-4-6-14(13)17/h3-9H,2,10-11,18H2,1H3. The van der Waals surface area contributed by atoms with Crippen LogP contribution in [0.15, 0.2) is 46.9 Å². The lowest BCUT2D eigenvalue weighted by atomic mass is 10.2. The van der Waals surface area contributed by atoms with Crippen LogP contribution in [0.25, 0.3) is 0 Å². The summed E-state index contributed by atoms with van der Waals surface area (Å²) in [6.45, 7) is 3.53. The maximum Gasteiger partial charge on any atom is 0.161 e. The molecular weight excluding hydrogens is 318 g/mol. The third-order valence-electron chi connectivity index (χ3n) is 2.88. The first-order valence-corrected chi connectivity index (χ1v) is 7.36. The highest BCUT2D eigenvalue weighted by Gasteiger charge is 2.07. The first-order valence-electron chi connectivity index (χ1n) is 6.56. The van der Waals surface area contributed by atoms with Crippen LogP contribution in [0.4, 0.5) is 0 Å². The molecule has 20 heavy (non-hydrogen) atoms.